The van der Waals surface area contributed by atoms with Gasteiger partial charge in [-0.15, -0.1) is 0 Å². The predicted octanol–water partition coefficient (Wildman–Crippen LogP) is 0.362. The summed E-state index contributed by atoms with van der Waals surface area (Å²) in [4.78, 5) is 7.63. The minimum atomic E-state index is -3.49. The van der Waals surface area contributed by atoms with E-state index in [1.165, 1.54) is 0 Å². The number of nitrogens with two attached hydrogens (primary N) is 1. The monoisotopic (exact) mass is 268 g/mol. The molecule has 2 aromatic rings. The van der Waals surface area contributed by atoms with Crippen LogP contribution in [0.1, 0.15) is 12.7 Å². The van der Waals surface area contributed by atoms with E-state index in [1.807, 2.05) is 6.92 Å². The third-order valence-electron chi connectivity index (χ3n) is 2.58. The maximum absolute atomic E-state index is 11.9. The molecule has 0 saturated heterocycles. The molecule has 0 radical (unpaired) electrons. The van der Waals surface area contributed by atoms with Gasteiger partial charge in [-0.1, -0.05) is 6.92 Å². The zero-order chi connectivity index (χ0) is 13.2. The number of fused-ring (bicyclic) bond motifs is 1. The van der Waals surface area contributed by atoms with Gasteiger partial charge < -0.3 is 10.7 Å². The van der Waals surface area contributed by atoms with Crippen LogP contribution in [-0.2, 0) is 16.4 Å². The molecular weight excluding hydrogens is 252 g/mol. The van der Waals surface area contributed by atoms with Crippen LogP contribution in [0.2, 0.25) is 0 Å². The molecule has 18 heavy (non-hydrogen) atoms. The van der Waals surface area contributed by atoms with Gasteiger partial charge in [0.05, 0.1) is 15.9 Å². The van der Waals surface area contributed by atoms with Crippen molar-refractivity contribution >= 4 is 21.1 Å². The average Bonchev–Trinajstić information content (AvgIpc) is 2.78. The highest BCUT2D eigenvalue weighted by Gasteiger charge is 2.14. The van der Waals surface area contributed by atoms with Gasteiger partial charge in [0, 0.05) is 19.5 Å². The van der Waals surface area contributed by atoms with Crippen LogP contribution in [0.3, 0.4) is 0 Å². The maximum Gasteiger partial charge on any atom is 0.240 e. The van der Waals surface area contributed by atoms with Crippen LogP contribution in [0.4, 0.5) is 0 Å². The van der Waals surface area contributed by atoms with Crippen LogP contribution >= 0.6 is 0 Å². The van der Waals surface area contributed by atoms with E-state index in [0.717, 1.165) is 23.3 Å². The Balaban J connectivity index is 2.40. The van der Waals surface area contributed by atoms with Crippen LogP contribution in [-0.4, -0.2) is 31.5 Å². The first kappa shape index (κ1) is 13.0. The molecule has 6 nitrogen and oxygen atoms in total. The Bertz CT molecular complexity index is 648. The summed E-state index contributed by atoms with van der Waals surface area (Å²) in [7, 11) is -3.49. The minimum absolute atomic E-state index is 0.217. The number of aromatic nitrogens is 2. The second-order valence-corrected chi connectivity index (χ2v) is 5.67. The van der Waals surface area contributed by atoms with E-state index in [4.69, 9.17) is 5.73 Å². The summed E-state index contributed by atoms with van der Waals surface area (Å²) in [6.45, 7) is 2.48. The molecule has 0 fully saturated rings. The summed E-state index contributed by atoms with van der Waals surface area (Å²) in [5.41, 5.74) is 6.78. The highest BCUT2D eigenvalue weighted by molar-refractivity contribution is 7.89. The van der Waals surface area contributed by atoms with Gasteiger partial charge >= 0.3 is 0 Å². The lowest BCUT2D eigenvalue weighted by Crippen LogP contribution is -2.29. The Kier molecular flexibility index (Phi) is 3.65. The first-order valence-corrected chi connectivity index (χ1v) is 7.23. The number of hydrogen-bond acceptors (Lipinski definition) is 4. The van der Waals surface area contributed by atoms with Crippen molar-refractivity contribution in [1.82, 2.24) is 14.7 Å². The fourth-order valence-corrected chi connectivity index (χ4v) is 2.73. The zero-order valence-corrected chi connectivity index (χ0v) is 10.9. The Morgan fingerprint density at radius 1 is 1.44 bits per heavy atom. The van der Waals surface area contributed by atoms with Crippen LogP contribution < -0.4 is 10.5 Å². The Hall–Kier alpha value is -1.44. The normalized spacial score (nSPS) is 12.1. The number of H-pyrrole nitrogens is 1. The van der Waals surface area contributed by atoms with Crippen LogP contribution in [0.15, 0.2) is 23.1 Å². The van der Waals surface area contributed by atoms with Gasteiger partial charge in [-0.3, -0.25) is 0 Å². The molecule has 1 aromatic heterocycles. The van der Waals surface area contributed by atoms with Gasteiger partial charge in [0.25, 0.3) is 0 Å². The first-order chi connectivity index (χ1) is 8.56. The molecule has 1 aromatic carbocycles. The molecule has 7 heteroatoms. The number of hydrogen-bond donors (Lipinski definition) is 3. The van der Waals surface area contributed by atoms with Crippen LogP contribution in [0.25, 0.3) is 11.0 Å². The van der Waals surface area contributed by atoms with E-state index in [9.17, 15) is 8.42 Å². The summed E-state index contributed by atoms with van der Waals surface area (Å²) < 4.78 is 26.2. The fourth-order valence-electron chi connectivity index (χ4n) is 1.65. The Morgan fingerprint density at radius 2 is 2.22 bits per heavy atom. The number of nitrogens with zero attached hydrogens (tertiary/aromatic N) is 1. The quantitative estimate of drug-likeness (QED) is 0.729. The average molecular weight is 268 g/mol. The lowest BCUT2D eigenvalue weighted by Gasteiger charge is -2.04. The van der Waals surface area contributed by atoms with Crippen LogP contribution in [0, 0.1) is 0 Å². The van der Waals surface area contributed by atoms with Crippen molar-refractivity contribution < 1.29 is 8.42 Å². The topological polar surface area (TPSA) is 101 Å². The second kappa shape index (κ2) is 5.05. The number of benzene rings is 1. The molecule has 0 bridgehead atoms. The lowest BCUT2D eigenvalue weighted by atomic mass is 10.3. The summed E-state index contributed by atoms with van der Waals surface area (Å²) in [5, 5.41) is 0. The molecule has 0 amide bonds. The van der Waals surface area contributed by atoms with E-state index in [1.54, 1.807) is 18.2 Å². The number of imidazole rings is 1. The van der Waals surface area contributed by atoms with E-state index >= 15 is 0 Å². The van der Waals surface area contributed by atoms with Crippen molar-refractivity contribution in [2.75, 3.05) is 13.1 Å². The third-order valence-corrected chi connectivity index (χ3v) is 4.04. The summed E-state index contributed by atoms with van der Waals surface area (Å²) >= 11 is 0. The van der Waals surface area contributed by atoms with Crippen molar-refractivity contribution in [2.24, 2.45) is 5.73 Å². The summed E-state index contributed by atoms with van der Waals surface area (Å²) in [6, 6.07) is 4.82. The number of rotatable bonds is 5. The van der Waals surface area contributed by atoms with Crippen molar-refractivity contribution in [3.05, 3.63) is 24.0 Å². The first-order valence-electron chi connectivity index (χ1n) is 5.75. The van der Waals surface area contributed by atoms with Gasteiger partial charge in [-0.05, 0) is 18.2 Å². The van der Waals surface area contributed by atoms with Crippen molar-refractivity contribution in [3.63, 3.8) is 0 Å². The highest BCUT2D eigenvalue weighted by Crippen LogP contribution is 2.17. The molecule has 0 aliphatic carbocycles. The third kappa shape index (κ3) is 2.53. The Labute approximate surface area is 106 Å². The number of aromatic amines is 1. The maximum atomic E-state index is 11.9. The highest BCUT2D eigenvalue weighted by atomic mass is 32.2. The zero-order valence-electron chi connectivity index (χ0n) is 10.1. The number of nitrogens with one attached hydrogen (secondary N) is 2. The SMILES string of the molecule is CCc1nc2ccc(S(=O)(=O)NCCN)cc2[nH]1. The smallest absolute Gasteiger partial charge is 0.240 e. The lowest BCUT2D eigenvalue weighted by molar-refractivity contribution is 0.582. The van der Waals surface area contributed by atoms with Gasteiger partial charge in [-0.2, -0.15) is 0 Å². The molecule has 1 heterocycles. The molecule has 0 unspecified atom stereocenters. The van der Waals surface area contributed by atoms with E-state index < -0.39 is 10.0 Å². The number of aryl methyl sites for hydroxylation is 1. The van der Waals surface area contributed by atoms with Crippen molar-refractivity contribution in [3.8, 4) is 0 Å². The van der Waals surface area contributed by atoms with E-state index in [2.05, 4.69) is 14.7 Å². The van der Waals surface area contributed by atoms with Crippen molar-refractivity contribution in [2.45, 2.75) is 18.2 Å². The summed E-state index contributed by atoms with van der Waals surface area (Å²) in [6.07, 6.45) is 0.780. The standard InChI is InChI=1S/C11H16N4O2S/c1-2-11-14-9-4-3-8(7-10(9)15-11)18(16,17)13-6-5-12/h3-4,7,13H,2,5-6,12H2,1H3,(H,14,15). The number of sulfonamides is 1. The minimum Gasteiger partial charge on any atom is -0.342 e. The molecule has 98 valence electrons. The molecule has 2 rings (SSSR count). The molecule has 0 saturated carbocycles. The molecule has 0 aliphatic rings. The summed E-state index contributed by atoms with van der Waals surface area (Å²) in [5.74, 6) is 0.842. The molecular formula is C11H16N4O2S. The Morgan fingerprint density at radius 3 is 2.89 bits per heavy atom. The fraction of sp³-hybridized carbons (Fsp3) is 0.364. The van der Waals surface area contributed by atoms with Crippen molar-refractivity contribution in [1.29, 1.82) is 0 Å². The van der Waals surface area contributed by atoms with E-state index in [-0.39, 0.29) is 18.0 Å². The van der Waals surface area contributed by atoms with Gasteiger partial charge in [-0.25, -0.2) is 18.1 Å². The molecule has 0 aliphatic heterocycles. The predicted molar refractivity (Wildman–Crippen MR) is 69.7 cm³/mol. The van der Waals surface area contributed by atoms with E-state index in [0.29, 0.717) is 0 Å². The molecule has 0 spiro atoms. The van der Waals surface area contributed by atoms with Gasteiger partial charge in [0.1, 0.15) is 5.82 Å². The molecule has 4 N–H and O–H groups in total. The second-order valence-electron chi connectivity index (χ2n) is 3.90. The largest absolute Gasteiger partial charge is 0.342 e. The van der Waals surface area contributed by atoms with Gasteiger partial charge in [0.2, 0.25) is 10.0 Å². The van der Waals surface area contributed by atoms with Crippen LogP contribution in [0.5, 0.6) is 0 Å². The molecule has 0 atom stereocenters. The van der Waals surface area contributed by atoms with Gasteiger partial charge in [0.15, 0.2) is 0 Å².